The van der Waals surface area contributed by atoms with Gasteiger partial charge in [0.2, 0.25) is 0 Å². The Bertz CT molecular complexity index is 397. The number of rotatable bonds is 3. The number of halogens is 1. The van der Waals surface area contributed by atoms with Gasteiger partial charge in [0.1, 0.15) is 5.75 Å². The summed E-state index contributed by atoms with van der Waals surface area (Å²) in [4.78, 5) is 2.28. The number of hydrogen-bond acceptors (Lipinski definition) is 3. The lowest BCUT2D eigenvalue weighted by atomic mass is 10.0. The molecule has 0 spiro atoms. The number of aliphatic hydroxyl groups is 1. The largest absolute Gasteiger partial charge is 0.495 e. The highest BCUT2D eigenvalue weighted by Gasteiger charge is 2.30. The second kappa shape index (κ2) is 5.15. The standard InChI is InChI=1S/C13H18ClNO2/c1-9-10(8-16)5-6-15(9)11-3-4-13(17-2)12(14)7-11/h3-4,7,9-10,16H,5-6,8H2,1-2H3. The van der Waals surface area contributed by atoms with Crippen LogP contribution in [-0.4, -0.2) is 31.4 Å². The summed E-state index contributed by atoms with van der Waals surface area (Å²) < 4.78 is 5.14. The maximum Gasteiger partial charge on any atom is 0.137 e. The van der Waals surface area contributed by atoms with Gasteiger partial charge in [-0.25, -0.2) is 0 Å². The van der Waals surface area contributed by atoms with Crippen molar-refractivity contribution in [3.63, 3.8) is 0 Å². The van der Waals surface area contributed by atoms with Crippen molar-refractivity contribution < 1.29 is 9.84 Å². The molecule has 2 unspecified atom stereocenters. The predicted octanol–water partition coefficient (Wildman–Crippen LogP) is 2.56. The lowest BCUT2D eigenvalue weighted by Crippen LogP contribution is -2.30. The Morgan fingerprint density at radius 2 is 2.29 bits per heavy atom. The molecule has 2 rings (SSSR count). The molecule has 0 bridgehead atoms. The number of anilines is 1. The van der Waals surface area contributed by atoms with Crippen molar-refractivity contribution in [3.05, 3.63) is 23.2 Å². The van der Waals surface area contributed by atoms with Crippen LogP contribution in [0.3, 0.4) is 0 Å². The van der Waals surface area contributed by atoms with E-state index < -0.39 is 0 Å². The number of aliphatic hydroxyl groups excluding tert-OH is 1. The van der Waals surface area contributed by atoms with Crippen LogP contribution in [0.15, 0.2) is 18.2 Å². The van der Waals surface area contributed by atoms with Crippen molar-refractivity contribution in [2.75, 3.05) is 25.2 Å². The van der Waals surface area contributed by atoms with Crippen molar-refractivity contribution in [1.29, 1.82) is 0 Å². The summed E-state index contributed by atoms with van der Waals surface area (Å²) in [6.07, 6.45) is 1.03. The van der Waals surface area contributed by atoms with Crippen molar-refractivity contribution in [2.24, 2.45) is 5.92 Å². The molecule has 1 aromatic rings. The monoisotopic (exact) mass is 255 g/mol. The van der Waals surface area contributed by atoms with Crippen molar-refractivity contribution >= 4 is 17.3 Å². The molecule has 0 radical (unpaired) electrons. The molecule has 0 aliphatic carbocycles. The maximum absolute atomic E-state index is 9.27. The summed E-state index contributed by atoms with van der Waals surface area (Å²) in [6.45, 7) is 3.36. The first-order chi connectivity index (χ1) is 8.17. The van der Waals surface area contributed by atoms with E-state index in [0.717, 1.165) is 18.7 Å². The molecular weight excluding hydrogens is 238 g/mol. The average molecular weight is 256 g/mol. The topological polar surface area (TPSA) is 32.7 Å². The van der Waals surface area contributed by atoms with Gasteiger partial charge in [0, 0.05) is 30.8 Å². The number of benzene rings is 1. The van der Waals surface area contributed by atoms with Gasteiger partial charge in [-0.3, -0.25) is 0 Å². The first-order valence-electron chi connectivity index (χ1n) is 5.88. The fourth-order valence-corrected chi connectivity index (χ4v) is 2.70. The van der Waals surface area contributed by atoms with Gasteiger partial charge in [0.05, 0.1) is 12.1 Å². The number of ether oxygens (including phenoxy) is 1. The minimum Gasteiger partial charge on any atom is -0.495 e. The van der Waals surface area contributed by atoms with Crippen LogP contribution in [0.5, 0.6) is 5.75 Å². The zero-order valence-corrected chi connectivity index (χ0v) is 10.9. The zero-order chi connectivity index (χ0) is 12.4. The van der Waals surface area contributed by atoms with Gasteiger partial charge in [-0.1, -0.05) is 11.6 Å². The number of nitrogens with zero attached hydrogens (tertiary/aromatic N) is 1. The molecule has 17 heavy (non-hydrogen) atoms. The molecule has 1 heterocycles. The van der Waals surface area contributed by atoms with Gasteiger partial charge in [-0.15, -0.1) is 0 Å². The van der Waals surface area contributed by atoms with E-state index >= 15 is 0 Å². The van der Waals surface area contributed by atoms with Gasteiger partial charge in [0.15, 0.2) is 0 Å². The van der Waals surface area contributed by atoms with Crippen LogP contribution in [0, 0.1) is 5.92 Å². The van der Waals surface area contributed by atoms with Crippen LogP contribution in [-0.2, 0) is 0 Å². The summed E-state index contributed by atoms with van der Waals surface area (Å²) in [6, 6.07) is 6.18. The third-order valence-electron chi connectivity index (χ3n) is 3.62. The maximum atomic E-state index is 9.27. The molecular formula is C13H18ClNO2. The Labute approximate surface area is 107 Å². The quantitative estimate of drug-likeness (QED) is 0.901. The smallest absolute Gasteiger partial charge is 0.137 e. The summed E-state index contributed by atoms with van der Waals surface area (Å²) in [5.74, 6) is 1.05. The zero-order valence-electron chi connectivity index (χ0n) is 10.2. The molecule has 1 fully saturated rings. The van der Waals surface area contributed by atoms with Crippen LogP contribution >= 0.6 is 11.6 Å². The third kappa shape index (κ3) is 2.35. The van der Waals surface area contributed by atoms with E-state index in [0.29, 0.717) is 22.7 Å². The fourth-order valence-electron chi connectivity index (χ4n) is 2.45. The van der Waals surface area contributed by atoms with Crippen LogP contribution in [0.4, 0.5) is 5.69 Å². The number of methoxy groups -OCH3 is 1. The Kier molecular flexibility index (Phi) is 3.79. The van der Waals surface area contributed by atoms with Crippen molar-refractivity contribution in [3.8, 4) is 5.75 Å². The molecule has 3 nitrogen and oxygen atoms in total. The molecule has 1 aliphatic rings. The van der Waals surface area contributed by atoms with Gasteiger partial charge in [-0.2, -0.15) is 0 Å². The normalized spacial score (nSPS) is 24.1. The van der Waals surface area contributed by atoms with Crippen molar-refractivity contribution in [1.82, 2.24) is 0 Å². The summed E-state index contributed by atoms with van der Waals surface area (Å²) in [5.41, 5.74) is 1.10. The minimum absolute atomic E-state index is 0.252. The van der Waals surface area contributed by atoms with Gasteiger partial charge in [-0.05, 0) is 31.5 Å². The van der Waals surface area contributed by atoms with Crippen LogP contribution in [0.2, 0.25) is 5.02 Å². The van der Waals surface area contributed by atoms with Gasteiger partial charge < -0.3 is 14.7 Å². The van der Waals surface area contributed by atoms with E-state index in [9.17, 15) is 5.11 Å². The summed E-state index contributed by atoms with van der Waals surface area (Å²) >= 11 is 6.12. The minimum atomic E-state index is 0.252. The molecule has 0 saturated carbocycles. The van der Waals surface area contributed by atoms with Gasteiger partial charge >= 0.3 is 0 Å². The van der Waals surface area contributed by atoms with E-state index in [1.54, 1.807) is 7.11 Å². The van der Waals surface area contributed by atoms with E-state index in [-0.39, 0.29) is 6.61 Å². The van der Waals surface area contributed by atoms with Crippen LogP contribution < -0.4 is 9.64 Å². The Hall–Kier alpha value is -0.930. The summed E-state index contributed by atoms with van der Waals surface area (Å²) in [5, 5.41) is 9.89. The highest BCUT2D eigenvalue weighted by atomic mass is 35.5. The van der Waals surface area contributed by atoms with E-state index in [1.807, 2.05) is 18.2 Å². The van der Waals surface area contributed by atoms with Crippen LogP contribution in [0.1, 0.15) is 13.3 Å². The van der Waals surface area contributed by atoms with Crippen molar-refractivity contribution in [2.45, 2.75) is 19.4 Å². The first kappa shape index (κ1) is 12.5. The summed E-state index contributed by atoms with van der Waals surface area (Å²) in [7, 11) is 1.61. The van der Waals surface area contributed by atoms with Crippen LogP contribution in [0.25, 0.3) is 0 Å². The van der Waals surface area contributed by atoms with E-state index in [1.165, 1.54) is 0 Å². The lowest BCUT2D eigenvalue weighted by Gasteiger charge is -2.26. The molecule has 0 aromatic heterocycles. The molecule has 1 aromatic carbocycles. The second-order valence-corrected chi connectivity index (χ2v) is 4.89. The molecule has 0 amide bonds. The second-order valence-electron chi connectivity index (χ2n) is 4.48. The lowest BCUT2D eigenvalue weighted by molar-refractivity contribution is 0.221. The first-order valence-corrected chi connectivity index (χ1v) is 6.26. The predicted molar refractivity (Wildman–Crippen MR) is 70.0 cm³/mol. The average Bonchev–Trinajstić information content (AvgIpc) is 2.70. The Morgan fingerprint density at radius 1 is 1.53 bits per heavy atom. The molecule has 2 atom stereocenters. The molecule has 94 valence electrons. The Balaban J connectivity index is 2.21. The highest BCUT2D eigenvalue weighted by Crippen LogP contribution is 2.34. The molecule has 1 aliphatic heterocycles. The Morgan fingerprint density at radius 3 is 2.82 bits per heavy atom. The highest BCUT2D eigenvalue weighted by molar-refractivity contribution is 6.32. The van der Waals surface area contributed by atoms with E-state index in [4.69, 9.17) is 16.3 Å². The third-order valence-corrected chi connectivity index (χ3v) is 3.91. The molecule has 1 N–H and O–H groups in total. The van der Waals surface area contributed by atoms with Gasteiger partial charge in [0.25, 0.3) is 0 Å². The van der Waals surface area contributed by atoms with E-state index in [2.05, 4.69) is 11.8 Å². The molecule has 4 heteroatoms. The SMILES string of the molecule is COc1ccc(N2CCC(CO)C2C)cc1Cl. The fraction of sp³-hybridized carbons (Fsp3) is 0.538. The number of hydrogen-bond donors (Lipinski definition) is 1. The molecule has 1 saturated heterocycles.